The molecule has 1 amide bonds. The van der Waals surface area contributed by atoms with Gasteiger partial charge in [-0.05, 0) is 47.4 Å². The molecule has 0 bridgehead atoms. The summed E-state index contributed by atoms with van der Waals surface area (Å²) in [6.45, 7) is 4.41. The number of methoxy groups -OCH3 is 1. The van der Waals surface area contributed by atoms with Gasteiger partial charge in [-0.1, -0.05) is 61.8 Å². The van der Waals surface area contributed by atoms with Crippen molar-refractivity contribution in [2.75, 3.05) is 12.0 Å². The molecule has 2 heterocycles. The molecular weight excluding hydrogens is 424 g/mol. The molecule has 2 aromatic carbocycles. The van der Waals surface area contributed by atoms with Gasteiger partial charge in [-0.3, -0.25) is 4.79 Å². The molecule has 32 heavy (non-hydrogen) atoms. The summed E-state index contributed by atoms with van der Waals surface area (Å²) < 4.78 is 4.77. The summed E-state index contributed by atoms with van der Waals surface area (Å²) in [5.41, 5.74) is 5.15. The minimum absolute atomic E-state index is 0.0879. The van der Waals surface area contributed by atoms with Crippen molar-refractivity contribution in [3.05, 3.63) is 94.3 Å². The Morgan fingerprint density at radius 2 is 1.75 bits per heavy atom. The van der Waals surface area contributed by atoms with Crippen LogP contribution in [0, 0.1) is 5.92 Å². The number of halogens is 1. The lowest BCUT2D eigenvalue weighted by molar-refractivity contribution is -0.113. The zero-order chi connectivity index (χ0) is 22.8. The number of para-hydroxylation sites is 1. The summed E-state index contributed by atoms with van der Waals surface area (Å²) in [6.07, 6.45) is 0. The molecule has 0 aliphatic carbocycles. The number of amides is 1. The topological polar surface area (TPSA) is 59.5 Å². The number of rotatable bonds is 5. The summed E-state index contributed by atoms with van der Waals surface area (Å²) in [5, 5.41) is 0.651. The van der Waals surface area contributed by atoms with E-state index in [9.17, 15) is 9.59 Å². The molecule has 4 rings (SSSR count). The number of hydrogen-bond donors (Lipinski definition) is 0. The van der Waals surface area contributed by atoms with E-state index in [1.54, 1.807) is 23.1 Å². The monoisotopic (exact) mass is 446 g/mol. The molecule has 0 N–H and O–H groups in total. The van der Waals surface area contributed by atoms with Crippen molar-refractivity contribution in [2.24, 2.45) is 5.92 Å². The highest BCUT2D eigenvalue weighted by atomic mass is 35.5. The Kier molecular flexibility index (Phi) is 6.10. The Balaban J connectivity index is 1.81. The molecule has 0 radical (unpaired) electrons. The number of fused-ring (bicyclic) bond motifs is 1. The minimum Gasteiger partial charge on any atom is -0.464 e. The summed E-state index contributed by atoms with van der Waals surface area (Å²) >= 11 is 6.09. The highest BCUT2D eigenvalue weighted by Crippen LogP contribution is 2.43. The first-order valence-electron chi connectivity index (χ1n) is 10.4. The molecule has 0 spiro atoms. The Hall–Kier alpha value is -3.44. The minimum atomic E-state index is -0.509. The number of allylic oxidation sites excluding steroid dienone is 1. The Labute approximate surface area is 192 Å². The summed E-state index contributed by atoms with van der Waals surface area (Å²) in [7, 11) is 1.32. The fourth-order valence-corrected chi connectivity index (χ4v) is 4.17. The molecule has 0 saturated heterocycles. The molecule has 162 valence electrons. The zero-order valence-electron chi connectivity index (χ0n) is 18.1. The Morgan fingerprint density at radius 3 is 2.44 bits per heavy atom. The smallest absolute Gasteiger partial charge is 0.356 e. The van der Waals surface area contributed by atoms with Crippen molar-refractivity contribution >= 4 is 40.3 Å². The second-order valence-corrected chi connectivity index (χ2v) is 8.30. The maximum atomic E-state index is 13.8. The van der Waals surface area contributed by atoms with E-state index in [0.717, 1.165) is 22.4 Å². The van der Waals surface area contributed by atoms with Crippen LogP contribution in [-0.4, -0.2) is 24.0 Å². The van der Waals surface area contributed by atoms with Crippen LogP contribution in [-0.2, 0) is 16.1 Å². The quantitative estimate of drug-likeness (QED) is 0.376. The van der Waals surface area contributed by atoms with E-state index in [1.165, 1.54) is 7.11 Å². The maximum absolute atomic E-state index is 13.8. The molecule has 1 aliphatic heterocycles. The highest BCUT2D eigenvalue weighted by molar-refractivity contribution is 6.37. The van der Waals surface area contributed by atoms with E-state index >= 15 is 0 Å². The van der Waals surface area contributed by atoms with Gasteiger partial charge in [0.2, 0.25) is 0 Å². The van der Waals surface area contributed by atoms with Crippen LogP contribution in [0.1, 0.15) is 41.2 Å². The number of ether oxygens (including phenoxy) is 1. The average molecular weight is 447 g/mol. The van der Waals surface area contributed by atoms with Crippen molar-refractivity contribution in [1.82, 2.24) is 4.98 Å². The molecule has 3 aromatic rings. The van der Waals surface area contributed by atoms with Crippen LogP contribution in [0.2, 0.25) is 5.02 Å². The molecule has 6 heteroatoms. The van der Waals surface area contributed by atoms with Crippen molar-refractivity contribution in [1.29, 1.82) is 0 Å². The average Bonchev–Trinajstić information content (AvgIpc) is 3.06. The first-order valence-corrected chi connectivity index (χ1v) is 10.7. The molecular formula is C26H23ClN2O3. The second kappa shape index (κ2) is 8.97. The van der Waals surface area contributed by atoms with Crippen molar-refractivity contribution in [3.63, 3.8) is 0 Å². The van der Waals surface area contributed by atoms with Crippen LogP contribution in [0.3, 0.4) is 0 Å². The first-order chi connectivity index (χ1) is 15.4. The lowest BCUT2D eigenvalue weighted by Gasteiger charge is -2.18. The largest absolute Gasteiger partial charge is 0.464 e. The fraction of sp³-hybridized carbons (Fsp3) is 0.192. The summed E-state index contributed by atoms with van der Waals surface area (Å²) in [5.74, 6) is -0.482. The highest BCUT2D eigenvalue weighted by Gasteiger charge is 2.35. The van der Waals surface area contributed by atoms with E-state index < -0.39 is 5.97 Å². The number of aromatic nitrogens is 1. The van der Waals surface area contributed by atoms with Crippen LogP contribution in [0.15, 0.2) is 66.7 Å². The van der Waals surface area contributed by atoms with Gasteiger partial charge in [0, 0.05) is 10.6 Å². The van der Waals surface area contributed by atoms with E-state index in [2.05, 4.69) is 18.8 Å². The third-order valence-corrected chi connectivity index (χ3v) is 5.70. The van der Waals surface area contributed by atoms with Gasteiger partial charge in [0.25, 0.3) is 5.91 Å². The molecule has 1 aliphatic rings. The van der Waals surface area contributed by atoms with Crippen LogP contribution >= 0.6 is 11.6 Å². The number of hydrogen-bond acceptors (Lipinski definition) is 4. The number of esters is 1. The van der Waals surface area contributed by atoms with Gasteiger partial charge in [-0.25, -0.2) is 9.78 Å². The molecule has 0 unspecified atom stereocenters. The fourth-order valence-electron chi connectivity index (χ4n) is 4.04. The van der Waals surface area contributed by atoms with Gasteiger partial charge in [0.15, 0.2) is 0 Å². The van der Waals surface area contributed by atoms with E-state index in [1.807, 2.05) is 48.5 Å². The van der Waals surface area contributed by atoms with Crippen molar-refractivity contribution in [3.8, 4) is 0 Å². The lowest BCUT2D eigenvalue weighted by atomic mass is 9.88. The van der Waals surface area contributed by atoms with Crippen LogP contribution in [0.5, 0.6) is 0 Å². The van der Waals surface area contributed by atoms with E-state index in [4.69, 9.17) is 16.3 Å². The maximum Gasteiger partial charge on any atom is 0.356 e. The van der Waals surface area contributed by atoms with Crippen LogP contribution in [0.4, 0.5) is 5.69 Å². The van der Waals surface area contributed by atoms with Crippen molar-refractivity contribution < 1.29 is 14.3 Å². The first kappa shape index (κ1) is 21.8. The van der Waals surface area contributed by atoms with Crippen LogP contribution in [0.25, 0.3) is 11.1 Å². The van der Waals surface area contributed by atoms with Gasteiger partial charge in [0.05, 0.1) is 30.6 Å². The molecule has 0 fully saturated rings. The lowest BCUT2D eigenvalue weighted by Crippen LogP contribution is -2.27. The van der Waals surface area contributed by atoms with Crippen LogP contribution < -0.4 is 4.90 Å². The number of pyridine rings is 1. The standard InChI is InChI=1S/C26H23ClN2O3/c1-16(2)23(17-11-13-18(27)14-12-17)24-20-8-4-5-10-22(20)29(25(24)30)15-19-7-6-9-21(28-19)26(31)32-3/h4-14,16H,15H2,1-3H3. The second-order valence-electron chi connectivity index (χ2n) is 7.86. The van der Waals surface area contributed by atoms with Gasteiger partial charge in [0.1, 0.15) is 5.69 Å². The number of benzene rings is 2. The predicted molar refractivity (Wildman–Crippen MR) is 126 cm³/mol. The predicted octanol–water partition coefficient (Wildman–Crippen LogP) is 5.64. The number of carbonyl (C=O) groups is 2. The van der Waals surface area contributed by atoms with Crippen molar-refractivity contribution in [2.45, 2.75) is 20.4 Å². The SMILES string of the molecule is COC(=O)c1cccc(CN2C(=O)C(=C(c3ccc(Cl)cc3)C(C)C)c3ccccc32)n1. The van der Waals surface area contributed by atoms with E-state index in [0.29, 0.717) is 16.3 Å². The molecule has 1 aromatic heterocycles. The Morgan fingerprint density at radius 1 is 1.03 bits per heavy atom. The molecule has 0 saturated carbocycles. The van der Waals surface area contributed by atoms with Gasteiger partial charge in [-0.2, -0.15) is 0 Å². The number of anilines is 1. The van der Waals surface area contributed by atoms with Gasteiger partial charge in [-0.15, -0.1) is 0 Å². The molecule has 5 nitrogen and oxygen atoms in total. The zero-order valence-corrected chi connectivity index (χ0v) is 18.9. The van der Waals surface area contributed by atoms with E-state index in [-0.39, 0.29) is 24.1 Å². The number of nitrogens with zero attached hydrogens (tertiary/aromatic N) is 2. The summed E-state index contributed by atoms with van der Waals surface area (Å²) in [4.78, 5) is 31.7. The van der Waals surface area contributed by atoms with Gasteiger partial charge >= 0.3 is 5.97 Å². The normalized spacial score (nSPS) is 14.5. The number of carbonyl (C=O) groups excluding carboxylic acids is 2. The van der Waals surface area contributed by atoms with Gasteiger partial charge < -0.3 is 9.64 Å². The third kappa shape index (κ3) is 4.04. The summed E-state index contributed by atoms with van der Waals surface area (Å²) in [6, 6.07) is 20.5. The molecule has 0 atom stereocenters. The Bertz CT molecular complexity index is 1220. The third-order valence-electron chi connectivity index (χ3n) is 5.45.